The van der Waals surface area contributed by atoms with E-state index in [1.165, 1.54) is 0 Å². The van der Waals surface area contributed by atoms with Gasteiger partial charge in [-0.15, -0.1) is 0 Å². The minimum Gasteiger partial charge on any atom is -0.351 e. The fourth-order valence-corrected chi connectivity index (χ4v) is 0.215. The largest absolute Gasteiger partial charge is 0.379 e. The summed E-state index contributed by atoms with van der Waals surface area (Å²) in [6.45, 7) is -3.67. The van der Waals surface area contributed by atoms with Crippen LogP contribution >= 0.6 is 13.5 Å². The molecule has 0 aliphatic rings. The van der Waals surface area contributed by atoms with Gasteiger partial charge in [0.2, 0.25) is 0 Å². The van der Waals surface area contributed by atoms with Gasteiger partial charge < -0.3 is 4.98 Å². The number of halogens is 3. The van der Waals surface area contributed by atoms with Gasteiger partial charge in [0.15, 0.2) is 0 Å². The second-order valence-corrected chi connectivity index (χ2v) is 1.01. The quantitative estimate of drug-likeness (QED) is 0.634. The summed E-state index contributed by atoms with van der Waals surface area (Å²) >= 11 is 0. The van der Waals surface area contributed by atoms with Crippen molar-refractivity contribution in [1.29, 1.82) is 0 Å². The summed E-state index contributed by atoms with van der Waals surface area (Å²) in [6.07, 6.45) is 5.08. The molecule has 2 nitrogen and oxygen atoms in total. The molecule has 6 heteroatoms. The molecule has 0 bridgehead atoms. The van der Waals surface area contributed by atoms with Gasteiger partial charge in [0.1, 0.15) is 0 Å². The van der Waals surface area contributed by atoms with E-state index in [2.05, 4.69) is 9.97 Å². The summed E-state index contributed by atoms with van der Waals surface area (Å²) in [5.41, 5.74) is 0. The number of alkyl halides is 3. The first-order chi connectivity index (χ1) is 4.23. The lowest BCUT2D eigenvalue weighted by molar-refractivity contribution is 0.00819. The summed E-state index contributed by atoms with van der Waals surface area (Å²) in [5.74, 6) is 0. The Kier molecular flexibility index (Phi) is 10.1. The normalized spacial score (nSPS) is 7.60. The number of nitrogens with zero attached hydrogens (tertiary/aromatic N) is 1. The minimum absolute atomic E-state index is 0. The maximum atomic E-state index is 9.67. The SMILES string of the molecule is FC(F)F.S.c1c[nH]cn1. The molecule has 1 aromatic heterocycles. The van der Waals surface area contributed by atoms with Crippen LogP contribution in [0.15, 0.2) is 18.7 Å². The highest BCUT2D eigenvalue weighted by atomic mass is 32.1. The van der Waals surface area contributed by atoms with Crippen LogP contribution < -0.4 is 0 Å². The van der Waals surface area contributed by atoms with Crippen LogP contribution in [0.25, 0.3) is 0 Å². The van der Waals surface area contributed by atoms with Crippen molar-refractivity contribution < 1.29 is 13.2 Å². The smallest absolute Gasteiger partial charge is 0.351 e. The summed E-state index contributed by atoms with van der Waals surface area (Å²) < 4.78 is 29.0. The topological polar surface area (TPSA) is 28.7 Å². The van der Waals surface area contributed by atoms with E-state index < -0.39 is 6.68 Å². The predicted octanol–water partition coefficient (Wildman–Crippen LogP) is 1.70. The molecule has 0 aliphatic heterocycles. The summed E-state index contributed by atoms with van der Waals surface area (Å²) in [4.78, 5) is 6.42. The van der Waals surface area contributed by atoms with Crippen molar-refractivity contribution in [3.63, 3.8) is 0 Å². The molecule has 0 aliphatic carbocycles. The first-order valence-electron chi connectivity index (χ1n) is 2.08. The molecule has 60 valence electrons. The Bertz CT molecular complexity index is 102. The molecule has 0 saturated heterocycles. The molecule has 0 spiro atoms. The van der Waals surface area contributed by atoms with E-state index in [9.17, 15) is 13.2 Å². The fourth-order valence-electron chi connectivity index (χ4n) is 0.215. The molecule has 1 N–H and O–H groups in total. The average molecular weight is 172 g/mol. The van der Waals surface area contributed by atoms with E-state index in [4.69, 9.17) is 0 Å². The third-order valence-corrected chi connectivity index (χ3v) is 0.406. The van der Waals surface area contributed by atoms with Crippen LogP contribution in [0.2, 0.25) is 0 Å². The zero-order valence-corrected chi connectivity index (χ0v) is 5.89. The molecule has 0 amide bonds. The van der Waals surface area contributed by atoms with Crippen LogP contribution in [-0.2, 0) is 0 Å². The average Bonchev–Trinajstić information content (AvgIpc) is 2.11. The van der Waals surface area contributed by atoms with Crippen LogP contribution in [0.1, 0.15) is 0 Å². The number of hydrogen-bond donors (Lipinski definition) is 1. The van der Waals surface area contributed by atoms with Gasteiger partial charge in [-0.1, -0.05) is 0 Å². The molecule has 0 fully saturated rings. The van der Waals surface area contributed by atoms with E-state index in [0.29, 0.717) is 0 Å². The summed E-state index contributed by atoms with van der Waals surface area (Å²) in [7, 11) is 0. The highest BCUT2D eigenvalue weighted by Crippen LogP contribution is 1.87. The van der Waals surface area contributed by atoms with Crippen molar-refractivity contribution in [2.45, 2.75) is 6.68 Å². The van der Waals surface area contributed by atoms with E-state index in [-0.39, 0.29) is 13.5 Å². The van der Waals surface area contributed by atoms with Crippen LogP contribution in [0, 0.1) is 0 Å². The number of rotatable bonds is 0. The number of H-pyrrole nitrogens is 1. The molecular formula is C4H7F3N2S. The van der Waals surface area contributed by atoms with Crippen molar-refractivity contribution in [1.82, 2.24) is 9.97 Å². The van der Waals surface area contributed by atoms with Gasteiger partial charge in [0.25, 0.3) is 0 Å². The van der Waals surface area contributed by atoms with Crippen LogP contribution in [0.3, 0.4) is 0 Å². The summed E-state index contributed by atoms with van der Waals surface area (Å²) in [6, 6.07) is 0. The molecule has 1 rings (SSSR count). The van der Waals surface area contributed by atoms with E-state index in [1.54, 1.807) is 18.7 Å². The van der Waals surface area contributed by atoms with Gasteiger partial charge in [0, 0.05) is 12.4 Å². The Morgan fingerprint density at radius 1 is 1.30 bits per heavy atom. The van der Waals surface area contributed by atoms with E-state index in [0.717, 1.165) is 0 Å². The van der Waals surface area contributed by atoms with Crippen molar-refractivity contribution in [3.8, 4) is 0 Å². The zero-order chi connectivity index (χ0) is 7.11. The second kappa shape index (κ2) is 8.35. The van der Waals surface area contributed by atoms with Crippen LogP contribution in [0.5, 0.6) is 0 Å². The van der Waals surface area contributed by atoms with Crippen molar-refractivity contribution in [3.05, 3.63) is 18.7 Å². The molecule has 10 heavy (non-hydrogen) atoms. The predicted molar refractivity (Wildman–Crippen MR) is 36.1 cm³/mol. The molecule has 0 atom stereocenters. The van der Waals surface area contributed by atoms with E-state index >= 15 is 0 Å². The number of aromatic amines is 1. The Hall–Kier alpha value is -0.650. The molecule has 0 saturated carbocycles. The van der Waals surface area contributed by atoms with Gasteiger partial charge >= 0.3 is 6.68 Å². The van der Waals surface area contributed by atoms with Gasteiger partial charge in [-0.25, -0.2) is 4.98 Å². The standard InChI is InChI=1S/C3H4N2.CHF3.H2S/c1-2-5-3-4-1;2-1(3)4;/h1-3H,(H,4,5);1H;1H2. The number of aromatic nitrogens is 2. The Labute approximate surface area is 62.9 Å². The minimum atomic E-state index is -3.67. The Morgan fingerprint density at radius 3 is 1.90 bits per heavy atom. The van der Waals surface area contributed by atoms with Crippen LogP contribution in [0.4, 0.5) is 13.2 Å². The monoisotopic (exact) mass is 172 g/mol. The summed E-state index contributed by atoms with van der Waals surface area (Å²) in [5, 5.41) is 0. The highest BCUT2D eigenvalue weighted by Gasteiger charge is 1.86. The highest BCUT2D eigenvalue weighted by molar-refractivity contribution is 7.59. The first kappa shape index (κ1) is 12.1. The second-order valence-electron chi connectivity index (χ2n) is 1.01. The molecule has 0 unspecified atom stereocenters. The molecule has 1 heterocycles. The lowest BCUT2D eigenvalue weighted by Crippen LogP contribution is -1.65. The van der Waals surface area contributed by atoms with Crippen molar-refractivity contribution in [2.24, 2.45) is 0 Å². The lowest BCUT2D eigenvalue weighted by atomic mass is 11.0. The third-order valence-electron chi connectivity index (χ3n) is 0.406. The Morgan fingerprint density at radius 2 is 1.80 bits per heavy atom. The van der Waals surface area contributed by atoms with E-state index in [1.807, 2.05) is 0 Å². The maximum absolute atomic E-state index is 9.67. The van der Waals surface area contributed by atoms with Gasteiger partial charge in [-0.2, -0.15) is 26.7 Å². The van der Waals surface area contributed by atoms with Gasteiger partial charge in [-0.05, 0) is 0 Å². The Balaban J connectivity index is 0. The number of imidazole rings is 1. The van der Waals surface area contributed by atoms with Gasteiger partial charge in [-0.3, -0.25) is 0 Å². The van der Waals surface area contributed by atoms with Crippen LogP contribution in [-0.4, -0.2) is 16.6 Å². The molecule has 0 aromatic carbocycles. The lowest BCUT2D eigenvalue weighted by Gasteiger charge is -1.65. The molecule has 0 radical (unpaired) electrons. The van der Waals surface area contributed by atoms with Crippen molar-refractivity contribution in [2.75, 3.05) is 0 Å². The maximum Gasteiger partial charge on any atom is 0.379 e. The van der Waals surface area contributed by atoms with Gasteiger partial charge in [0.05, 0.1) is 6.33 Å². The zero-order valence-electron chi connectivity index (χ0n) is 4.89. The fraction of sp³-hybridized carbons (Fsp3) is 0.250. The third kappa shape index (κ3) is 15.7. The molecular weight excluding hydrogens is 165 g/mol. The molecule has 1 aromatic rings. The number of hydrogen-bond acceptors (Lipinski definition) is 1. The first-order valence-corrected chi connectivity index (χ1v) is 2.08. The van der Waals surface area contributed by atoms with Crippen molar-refractivity contribution >= 4 is 13.5 Å². The number of nitrogens with one attached hydrogen (secondary N) is 1.